The molecule has 2 aromatic rings. The Labute approximate surface area is 186 Å². The number of carbonyl (C=O) groups excluding carboxylic acids is 2. The highest BCUT2D eigenvalue weighted by Gasteiger charge is 2.44. The maximum absolute atomic E-state index is 14.6. The van der Waals surface area contributed by atoms with E-state index in [0.717, 1.165) is 60.2 Å². The summed E-state index contributed by atoms with van der Waals surface area (Å²) in [5.74, 6) is -2.81. The van der Waals surface area contributed by atoms with E-state index in [0.29, 0.717) is 5.56 Å². The molecule has 2 aromatic carbocycles. The molecule has 1 saturated heterocycles. The Hall–Kier alpha value is -3.06. The number of benzene rings is 2. The number of amides is 2. The Morgan fingerprint density at radius 3 is 2.31 bits per heavy atom. The number of likely N-dealkylation sites (tertiary alicyclic amines) is 1. The van der Waals surface area contributed by atoms with Crippen LogP contribution in [0.5, 0.6) is 0 Å². The second kappa shape index (κ2) is 8.47. The molecule has 4 rings (SSSR count). The number of halogens is 2. The minimum absolute atomic E-state index is 0.0658. The molecular weight excluding hydrogens is 412 g/mol. The van der Waals surface area contributed by atoms with Crippen molar-refractivity contribution in [3.63, 3.8) is 0 Å². The zero-order chi connectivity index (χ0) is 23.2. The number of carbonyl (C=O) groups is 2. The average molecular weight is 440 g/mol. The first kappa shape index (κ1) is 22.1. The molecule has 0 atom stereocenters. The van der Waals surface area contributed by atoms with E-state index in [4.69, 9.17) is 0 Å². The van der Waals surface area contributed by atoms with Crippen molar-refractivity contribution in [2.45, 2.75) is 32.7 Å². The Balaban J connectivity index is 1.85. The summed E-state index contributed by atoms with van der Waals surface area (Å²) < 4.78 is 28.5. The van der Waals surface area contributed by atoms with Crippen molar-refractivity contribution >= 4 is 23.1 Å². The van der Waals surface area contributed by atoms with E-state index >= 15 is 0 Å². The predicted molar refractivity (Wildman–Crippen MR) is 120 cm³/mol. The standard InChI is InChI=1S/C25H27F2N3O2/c1-15-5-7-19(16(2)13-15)22-23(29(4)18-9-11-28(3)12-10-18)25(32)30(24(22)31)21-14-17(26)6-8-20(21)27/h5-8,13-14,18H,9-12H2,1-4H3. The molecule has 0 aromatic heterocycles. The molecule has 168 valence electrons. The molecule has 2 amide bonds. The van der Waals surface area contributed by atoms with Gasteiger partial charge in [0.25, 0.3) is 11.8 Å². The van der Waals surface area contributed by atoms with Crippen molar-refractivity contribution < 1.29 is 18.4 Å². The van der Waals surface area contributed by atoms with Crippen molar-refractivity contribution in [3.8, 4) is 0 Å². The SMILES string of the molecule is Cc1ccc(C2=C(N(C)C3CCN(C)CC3)C(=O)N(c3cc(F)ccc3F)C2=O)c(C)c1. The van der Waals surface area contributed by atoms with Gasteiger partial charge in [0.05, 0.1) is 11.3 Å². The lowest BCUT2D eigenvalue weighted by molar-refractivity contribution is -0.120. The summed E-state index contributed by atoms with van der Waals surface area (Å²) in [6.07, 6.45) is 1.68. The van der Waals surface area contributed by atoms with Gasteiger partial charge in [-0.25, -0.2) is 13.7 Å². The molecule has 0 bridgehead atoms. The summed E-state index contributed by atoms with van der Waals surface area (Å²) in [4.78, 5) is 32.0. The van der Waals surface area contributed by atoms with Crippen molar-refractivity contribution in [2.75, 3.05) is 32.1 Å². The third-order valence-electron chi connectivity index (χ3n) is 6.45. The second-order valence-electron chi connectivity index (χ2n) is 8.73. The van der Waals surface area contributed by atoms with Crippen LogP contribution in [0.15, 0.2) is 42.1 Å². The van der Waals surface area contributed by atoms with E-state index in [1.807, 2.05) is 44.0 Å². The van der Waals surface area contributed by atoms with E-state index in [-0.39, 0.29) is 23.0 Å². The van der Waals surface area contributed by atoms with Crippen molar-refractivity contribution in [2.24, 2.45) is 0 Å². The van der Waals surface area contributed by atoms with Crippen molar-refractivity contribution in [1.29, 1.82) is 0 Å². The van der Waals surface area contributed by atoms with Crippen LogP contribution in [0.3, 0.4) is 0 Å². The average Bonchev–Trinajstić information content (AvgIpc) is 3.00. The quantitative estimate of drug-likeness (QED) is 0.678. The van der Waals surface area contributed by atoms with Gasteiger partial charge < -0.3 is 9.80 Å². The van der Waals surface area contributed by atoms with E-state index in [1.54, 1.807) is 0 Å². The van der Waals surface area contributed by atoms with Crippen molar-refractivity contribution in [3.05, 3.63) is 70.4 Å². The zero-order valence-electron chi connectivity index (χ0n) is 18.8. The number of hydrogen-bond acceptors (Lipinski definition) is 4. The number of imide groups is 1. The van der Waals surface area contributed by atoms with Gasteiger partial charge in [0.1, 0.15) is 17.3 Å². The summed E-state index contributed by atoms with van der Waals surface area (Å²) in [6, 6.07) is 8.50. The van der Waals surface area contributed by atoms with E-state index in [9.17, 15) is 18.4 Å². The molecule has 2 aliphatic rings. The van der Waals surface area contributed by atoms with E-state index in [2.05, 4.69) is 11.9 Å². The number of aryl methyl sites for hydroxylation is 2. The van der Waals surface area contributed by atoms with Gasteiger partial charge in [0, 0.05) is 19.2 Å². The van der Waals surface area contributed by atoms with Gasteiger partial charge in [-0.2, -0.15) is 0 Å². The van der Waals surface area contributed by atoms with Gasteiger partial charge in [0.2, 0.25) is 0 Å². The number of piperidine rings is 1. The first-order chi connectivity index (χ1) is 15.2. The summed E-state index contributed by atoms with van der Waals surface area (Å²) in [6.45, 7) is 5.59. The second-order valence-corrected chi connectivity index (χ2v) is 8.73. The molecule has 32 heavy (non-hydrogen) atoms. The molecule has 0 saturated carbocycles. The molecule has 1 fully saturated rings. The molecule has 2 heterocycles. The molecule has 0 radical (unpaired) electrons. The fourth-order valence-electron chi connectivity index (χ4n) is 4.62. The van der Waals surface area contributed by atoms with E-state index < -0.39 is 23.4 Å². The third kappa shape index (κ3) is 3.81. The summed E-state index contributed by atoms with van der Waals surface area (Å²) >= 11 is 0. The highest BCUT2D eigenvalue weighted by Crippen LogP contribution is 2.38. The maximum atomic E-state index is 14.6. The highest BCUT2D eigenvalue weighted by atomic mass is 19.1. The van der Waals surface area contributed by atoms with Crippen LogP contribution in [0.2, 0.25) is 0 Å². The van der Waals surface area contributed by atoms with Gasteiger partial charge in [-0.3, -0.25) is 9.59 Å². The molecule has 2 aliphatic heterocycles. The zero-order valence-corrected chi connectivity index (χ0v) is 18.8. The highest BCUT2D eigenvalue weighted by molar-refractivity contribution is 6.45. The first-order valence-corrected chi connectivity index (χ1v) is 10.8. The number of anilines is 1. The largest absolute Gasteiger partial charge is 0.366 e. The number of hydrogen-bond donors (Lipinski definition) is 0. The van der Waals surface area contributed by atoms with Gasteiger partial charge in [0.15, 0.2) is 0 Å². The molecule has 0 N–H and O–H groups in total. The van der Waals surface area contributed by atoms with Crippen LogP contribution in [-0.2, 0) is 9.59 Å². The molecule has 7 heteroatoms. The lowest BCUT2D eigenvalue weighted by atomic mass is 9.96. The topological polar surface area (TPSA) is 43.9 Å². The molecule has 0 aliphatic carbocycles. The van der Waals surface area contributed by atoms with Crippen LogP contribution in [0.25, 0.3) is 5.57 Å². The monoisotopic (exact) mass is 439 g/mol. The first-order valence-electron chi connectivity index (χ1n) is 10.8. The van der Waals surface area contributed by atoms with Gasteiger partial charge in [-0.1, -0.05) is 23.8 Å². The number of nitrogens with zero attached hydrogens (tertiary/aromatic N) is 3. The van der Waals surface area contributed by atoms with Crippen LogP contribution < -0.4 is 4.90 Å². The van der Waals surface area contributed by atoms with E-state index in [1.165, 1.54) is 0 Å². The normalized spacial score (nSPS) is 18.1. The minimum Gasteiger partial charge on any atom is -0.366 e. The Morgan fingerprint density at radius 1 is 0.969 bits per heavy atom. The van der Waals surface area contributed by atoms with Crippen LogP contribution in [0.4, 0.5) is 14.5 Å². The molecule has 5 nitrogen and oxygen atoms in total. The Bertz CT molecular complexity index is 1120. The summed E-state index contributed by atoms with van der Waals surface area (Å²) in [7, 11) is 3.86. The van der Waals surface area contributed by atoms with Gasteiger partial charge >= 0.3 is 0 Å². The summed E-state index contributed by atoms with van der Waals surface area (Å²) in [5, 5.41) is 0. The number of rotatable bonds is 4. The van der Waals surface area contributed by atoms with Crippen molar-refractivity contribution in [1.82, 2.24) is 9.80 Å². The minimum atomic E-state index is -0.823. The maximum Gasteiger partial charge on any atom is 0.282 e. The lowest BCUT2D eigenvalue weighted by Gasteiger charge is -2.36. The van der Waals surface area contributed by atoms with Crippen LogP contribution in [0, 0.1) is 25.5 Å². The van der Waals surface area contributed by atoms with Crippen LogP contribution >= 0.6 is 0 Å². The van der Waals surface area contributed by atoms with Crippen LogP contribution in [-0.4, -0.2) is 54.8 Å². The Morgan fingerprint density at radius 2 is 1.66 bits per heavy atom. The fraction of sp³-hybridized carbons (Fsp3) is 0.360. The van der Waals surface area contributed by atoms with Crippen LogP contribution in [0.1, 0.15) is 29.5 Å². The third-order valence-corrected chi connectivity index (χ3v) is 6.45. The van der Waals surface area contributed by atoms with Gasteiger partial charge in [-0.05, 0) is 70.1 Å². The summed E-state index contributed by atoms with van der Waals surface area (Å²) in [5.41, 5.74) is 2.61. The smallest absolute Gasteiger partial charge is 0.282 e. The molecular formula is C25H27F2N3O2. The molecule has 0 unspecified atom stereocenters. The lowest BCUT2D eigenvalue weighted by Crippen LogP contribution is -2.43. The van der Waals surface area contributed by atoms with Gasteiger partial charge in [-0.15, -0.1) is 0 Å². The predicted octanol–water partition coefficient (Wildman–Crippen LogP) is 3.89. The Kier molecular flexibility index (Phi) is 5.86. The number of likely N-dealkylation sites (N-methyl/N-ethyl adjacent to an activating group) is 1. The fourth-order valence-corrected chi connectivity index (χ4v) is 4.62. The molecule has 0 spiro atoms.